The monoisotopic (exact) mass is 266 g/mol. The Labute approximate surface area is 109 Å². The molecular weight excluding hydrogens is 252 g/mol. The molecule has 1 amide bonds. The van der Waals surface area contributed by atoms with Gasteiger partial charge in [0, 0.05) is 18.9 Å². The van der Waals surface area contributed by atoms with Crippen molar-refractivity contribution in [2.24, 2.45) is 0 Å². The standard InChI is InChI=1S/C12H14N2O5/c1-8-5-6-10(14(18)19)9(7-8)13-11(15)3-2-4-12(16)17/h5-7H,2-4H2,1H3,(H,13,15)(H,16,17). The second-order valence-electron chi connectivity index (χ2n) is 4.07. The van der Waals surface area contributed by atoms with Gasteiger partial charge in [0.25, 0.3) is 5.69 Å². The molecule has 0 aliphatic rings. The Morgan fingerprint density at radius 3 is 2.63 bits per heavy atom. The molecule has 0 aromatic heterocycles. The molecule has 102 valence electrons. The van der Waals surface area contributed by atoms with Crippen LogP contribution in [0.3, 0.4) is 0 Å². The van der Waals surface area contributed by atoms with Crippen LogP contribution in [0.15, 0.2) is 18.2 Å². The van der Waals surface area contributed by atoms with Gasteiger partial charge in [-0.1, -0.05) is 6.07 Å². The van der Waals surface area contributed by atoms with Crippen molar-refractivity contribution < 1.29 is 19.6 Å². The Kier molecular flexibility index (Phi) is 4.99. The highest BCUT2D eigenvalue weighted by atomic mass is 16.6. The number of carbonyl (C=O) groups excluding carboxylic acids is 1. The van der Waals surface area contributed by atoms with E-state index in [1.165, 1.54) is 12.1 Å². The average Bonchev–Trinajstić information content (AvgIpc) is 2.27. The summed E-state index contributed by atoms with van der Waals surface area (Å²) < 4.78 is 0. The first kappa shape index (κ1) is 14.6. The van der Waals surface area contributed by atoms with Crippen molar-refractivity contribution in [3.63, 3.8) is 0 Å². The molecule has 7 nitrogen and oxygen atoms in total. The predicted molar refractivity (Wildman–Crippen MR) is 67.9 cm³/mol. The maximum absolute atomic E-state index is 11.6. The average molecular weight is 266 g/mol. The topological polar surface area (TPSA) is 110 Å². The summed E-state index contributed by atoms with van der Waals surface area (Å²) in [6, 6.07) is 4.41. The van der Waals surface area contributed by atoms with Gasteiger partial charge in [0.2, 0.25) is 5.91 Å². The van der Waals surface area contributed by atoms with E-state index in [4.69, 9.17) is 5.11 Å². The molecule has 0 radical (unpaired) electrons. The second-order valence-corrected chi connectivity index (χ2v) is 4.07. The van der Waals surface area contributed by atoms with Crippen LogP contribution in [0.2, 0.25) is 0 Å². The van der Waals surface area contributed by atoms with E-state index in [0.29, 0.717) is 0 Å². The number of nitrogens with one attached hydrogen (secondary N) is 1. The molecule has 0 spiro atoms. The molecule has 2 N–H and O–H groups in total. The summed E-state index contributed by atoms with van der Waals surface area (Å²) in [5.74, 6) is -1.41. The molecule has 0 aliphatic carbocycles. The molecule has 19 heavy (non-hydrogen) atoms. The fourth-order valence-corrected chi connectivity index (χ4v) is 1.52. The third-order valence-electron chi connectivity index (χ3n) is 2.42. The number of amides is 1. The summed E-state index contributed by atoms with van der Waals surface area (Å²) in [5, 5.41) is 21.7. The number of anilines is 1. The van der Waals surface area contributed by atoms with Gasteiger partial charge < -0.3 is 10.4 Å². The van der Waals surface area contributed by atoms with E-state index in [1.807, 2.05) is 0 Å². The quantitative estimate of drug-likeness (QED) is 0.605. The predicted octanol–water partition coefficient (Wildman–Crippen LogP) is 2.10. The van der Waals surface area contributed by atoms with Gasteiger partial charge in [-0.25, -0.2) is 0 Å². The van der Waals surface area contributed by atoms with Crippen LogP contribution >= 0.6 is 0 Å². The zero-order chi connectivity index (χ0) is 14.4. The third-order valence-corrected chi connectivity index (χ3v) is 2.42. The van der Waals surface area contributed by atoms with Crippen LogP contribution in [0, 0.1) is 17.0 Å². The number of aliphatic carboxylic acids is 1. The first-order valence-corrected chi connectivity index (χ1v) is 5.67. The second kappa shape index (κ2) is 6.48. The van der Waals surface area contributed by atoms with E-state index in [-0.39, 0.29) is 30.6 Å². The van der Waals surface area contributed by atoms with Crippen molar-refractivity contribution in [3.8, 4) is 0 Å². The molecule has 0 saturated carbocycles. The van der Waals surface area contributed by atoms with E-state index in [1.54, 1.807) is 13.0 Å². The van der Waals surface area contributed by atoms with Crippen molar-refractivity contribution in [1.82, 2.24) is 0 Å². The van der Waals surface area contributed by atoms with Crippen molar-refractivity contribution in [2.75, 3.05) is 5.32 Å². The molecule has 0 heterocycles. The number of hydrogen-bond donors (Lipinski definition) is 2. The fraction of sp³-hybridized carbons (Fsp3) is 0.333. The van der Waals surface area contributed by atoms with Crippen LogP contribution < -0.4 is 5.32 Å². The highest BCUT2D eigenvalue weighted by Gasteiger charge is 2.15. The van der Waals surface area contributed by atoms with Gasteiger partial charge in [0.05, 0.1) is 4.92 Å². The number of carboxylic acid groups (broad SMARTS) is 1. The molecule has 0 aliphatic heterocycles. The van der Waals surface area contributed by atoms with Gasteiger partial charge in [-0.05, 0) is 25.0 Å². The summed E-state index contributed by atoms with van der Waals surface area (Å²) in [6.07, 6.45) is 0.0987. The first-order chi connectivity index (χ1) is 8.90. The van der Waals surface area contributed by atoms with E-state index in [9.17, 15) is 19.7 Å². The molecule has 0 unspecified atom stereocenters. The Morgan fingerprint density at radius 2 is 2.05 bits per heavy atom. The lowest BCUT2D eigenvalue weighted by atomic mass is 10.1. The molecule has 1 aromatic rings. The molecular formula is C12H14N2O5. The Morgan fingerprint density at radius 1 is 1.37 bits per heavy atom. The van der Waals surface area contributed by atoms with Gasteiger partial charge in [-0.2, -0.15) is 0 Å². The van der Waals surface area contributed by atoms with Crippen molar-refractivity contribution in [3.05, 3.63) is 33.9 Å². The van der Waals surface area contributed by atoms with Crippen LogP contribution in [0.25, 0.3) is 0 Å². The largest absolute Gasteiger partial charge is 0.481 e. The molecule has 0 bridgehead atoms. The third kappa shape index (κ3) is 4.74. The molecule has 1 rings (SSSR count). The maximum atomic E-state index is 11.6. The summed E-state index contributed by atoms with van der Waals surface area (Å²) >= 11 is 0. The minimum absolute atomic E-state index is 0.0113. The van der Waals surface area contributed by atoms with Crippen LogP contribution in [0.4, 0.5) is 11.4 Å². The van der Waals surface area contributed by atoms with Gasteiger partial charge in [-0.15, -0.1) is 0 Å². The van der Waals surface area contributed by atoms with Gasteiger partial charge in [-0.3, -0.25) is 19.7 Å². The zero-order valence-corrected chi connectivity index (χ0v) is 10.4. The number of hydrogen-bond acceptors (Lipinski definition) is 4. The Bertz CT molecular complexity index is 513. The summed E-state index contributed by atoms with van der Waals surface area (Å²) in [5.41, 5.74) is 0.731. The van der Waals surface area contributed by atoms with E-state index in [2.05, 4.69) is 5.32 Å². The van der Waals surface area contributed by atoms with Crippen molar-refractivity contribution >= 4 is 23.3 Å². The lowest BCUT2D eigenvalue weighted by Crippen LogP contribution is -2.13. The minimum Gasteiger partial charge on any atom is -0.481 e. The van der Waals surface area contributed by atoms with Gasteiger partial charge in [0.15, 0.2) is 0 Å². The highest BCUT2D eigenvalue weighted by Crippen LogP contribution is 2.25. The molecule has 1 aromatic carbocycles. The number of nitrogens with zero attached hydrogens (tertiary/aromatic N) is 1. The van der Waals surface area contributed by atoms with E-state index < -0.39 is 16.8 Å². The minimum atomic E-state index is -0.977. The highest BCUT2D eigenvalue weighted by molar-refractivity contribution is 5.93. The lowest BCUT2D eigenvalue weighted by Gasteiger charge is -2.06. The van der Waals surface area contributed by atoms with Gasteiger partial charge >= 0.3 is 5.97 Å². The van der Waals surface area contributed by atoms with Crippen LogP contribution in [-0.4, -0.2) is 21.9 Å². The number of nitro groups is 1. The summed E-state index contributed by atoms with van der Waals surface area (Å²) in [7, 11) is 0. The van der Waals surface area contributed by atoms with E-state index >= 15 is 0 Å². The van der Waals surface area contributed by atoms with Crippen molar-refractivity contribution in [2.45, 2.75) is 26.2 Å². The zero-order valence-electron chi connectivity index (χ0n) is 10.4. The SMILES string of the molecule is Cc1ccc([N+](=O)[O-])c(NC(=O)CCCC(=O)O)c1. The number of carbonyl (C=O) groups is 2. The smallest absolute Gasteiger partial charge is 0.303 e. The van der Waals surface area contributed by atoms with Crippen LogP contribution in [0.5, 0.6) is 0 Å². The fourth-order valence-electron chi connectivity index (χ4n) is 1.52. The van der Waals surface area contributed by atoms with Gasteiger partial charge in [0.1, 0.15) is 5.69 Å². The lowest BCUT2D eigenvalue weighted by molar-refractivity contribution is -0.383. The number of rotatable bonds is 6. The number of nitro benzene ring substituents is 1. The first-order valence-electron chi connectivity index (χ1n) is 5.67. The van der Waals surface area contributed by atoms with Crippen LogP contribution in [0.1, 0.15) is 24.8 Å². The molecule has 0 saturated heterocycles. The molecule has 7 heteroatoms. The Balaban J connectivity index is 2.70. The molecule has 0 atom stereocenters. The number of carboxylic acids is 1. The van der Waals surface area contributed by atoms with Crippen LogP contribution in [-0.2, 0) is 9.59 Å². The summed E-state index contributed by atoms with van der Waals surface area (Å²) in [6.45, 7) is 1.75. The maximum Gasteiger partial charge on any atom is 0.303 e. The van der Waals surface area contributed by atoms with Crippen molar-refractivity contribution in [1.29, 1.82) is 0 Å². The van der Waals surface area contributed by atoms with E-state index in [0.717, 1.165) is 5.56 Å². The normalized spacial score (nSPS) is 9.95. The number of aryl methyl sites for hydroxylation is 1. The number of benzene rings is 1. The summed E-state index contributed by atoms with van der Waals surface area (Å²) in [4.78, 5) is 32.1. The molecule has 0 fully saturated rings. The Hall–Kier alpha value is -2.44.